The summed E-state index contributed by atoms with van der Waals surface area (Å²) in [5, 5.41) is 27.1. The van der Waals surface area contributed by atoms with Crippen LogP contribution in [0.4, 0.5) is 0 Å². The van der Waals surface area contributed by atoms with Crippen molar-refractivity contribution >= 4 is 46.8 Å². The monoisotopic (exact) mass is 298 g/mol. The number of benzene rings is 1. The van der Waals surface area contributed by atoms with Gasteiger partial charge >= 0.3 is 7.12 Å². The summed E-state index contributed by atoms with van der Waals surface area (Å²) in [5.41, 5.74) is 0.0591. The molecule has 1 aromatic carbocycles. The van der Waals surface area contributed by atoms with Gasteiger partial charge in [-0.25, -0.2) is 0 Å². The highest BCUT2D eigenvalue weighted by molar-refractivity contribution is 14.1. The van der Waals surface area contributed by atoms with Gasteiger partial charge in [-0.1, -0.05) is 11.6 Å². The Morgan fingerprint density at radius 1 is 1.33 bits per heavy atom. The molecule has 64 valence electrons. The minimum absolute atomic E-state index is 0.0591. The molecule has 0 saturated heterocycles. The van der Waals surface area contributed by atoms with Crippen LogP contribution < -0.4 is 5.46 Å². The summed E-state index contributed by atoms with van der Waals surface area (Å²) in [5.74, 6) is -0.213. The third-order valence-electron chi connectivity index (χ3n) is 1.35. The summed E-state index contributed by atoms with van der Waals surface area (Å²) < 4.78 is 0.662. The van der Waals surface area contributed by atoms with E-state index in [0.29, 0.717) is 8.59 Å². The molecule has 3 nitrogen and oxygen atoms in total. The van der Waals surface area contributed by atoms with E-state index >= 15 is 0 Å². The highest BCUT2D eigenvalue weighted by Gasteiger charge is 2.17. The van der Waals surface area contributed by atoms with Gasteiger partial charge in [-0.15, -0.1) is 0 Å². The third kappa shape index (κ3) is 2.04. The Labute approximate surface area is 88.3 Å². The van der Waals surface area contributed by atoms with E-state index in [1.165, 1.54) is 12.1 Å². The first-order valence-corrected chi connectivity index (χ1v) is 4.52. The van der Waals surface area contributed by atoms with Gasteiger partial charge in [-0.2, -0.15) is 0 Å². The fourth-order valence-electron chi connectivity index (χ4n) is 0.759. The molecular weight excluding hydrogens is 293 g/mol. The van der Waals surface area contributed by atoms with E-state index in [9.17, 15) is 5.11 Å². The van der Waals surface area contributed by atoms with Crippen LogP contribution >= 0.6 is 34.2 Å². The number of aromatic hydroxyl groups is 1. The first kappa shape index (κ1) is 10.1. The van der Waals surface area contributed by atoms with Gasteiger partial charge in [0.05, 0.1) is 5.02 Å². The maximum Gasteiger partial charge on any atom is 0.492 e. The average Bonchev–Trinajstić information content (AvgIpc) is 1.96. The van der Waals surface area contributed by atoms with E-state index in [1.807, 2.05) is 22.6 Å². The molecular formula is C6H5BClIO3. The van der Waals surface area contributed by atoms with Crippen LogP contribution in [0.15, 0.2) is 12.1 Å². The maximum atomic E-state index is 9.18. The minimum atomic E-state index is -1.67. The summed E-state index contributed by atoms with van der Waals surface area (Å²) in [6.45, 7) is 0. The fourth-order valence-corrected chi connectivity index (χ4v) is 1.41. The van der Waals surface area contributed by atoms with Gasteiger partial charge in [0.15, 0.2) is 0 Å². The Morgan fingerprint density at radius 3 is 2.42 bits per heavy atom. The predicted molar refractivity (Wildman–Crippen MR) is 55.7 cm³/mol. The van der Waals surface area contributed by atoms with Crippen molar-refractivity contribution in [3.05, 3.63) is 20.7 Å². The molecule has 0 atom stereocenters. The van der Waals surface area contributed by atoms with Gasteiger partial charge < -0.3 is 15.2 Å². The second-order valence-corrected chi connectivity index (χ2v) is 3.77. The van der Waals surface area contributed by atoms with Crippen LogP contribution in [0.25, 0.3) is 0 Å². The van der Waals surface area contributed by atoms with Crippen molar-refractivity contribution < 1.29 is 15.2 Å². The molecule has 1 aromatic rings. The molecule has 1 rings (SSSR count). The predicted octanol–water partition coefficient (Wildman–Crippen LogP) is 0.330. The first-order valence-electron chi connectivity index (χ1n) is 3.06. The summed E-state index contributed by atoms with van der Waals surface area (Å²) >= 11 is 7.59. The molecule has 0 aliphatic rings. The van der Waals surface area contributed by atoms with Crippen LogP contribution in [0.2, 0.25) is 5.02 Å². The van der Waals surface area contributed by atoms with Crippen molar-refractivity contribution in [3.8, 4) is 5.75 Å². The van der Waals surface area contributed by atoms with Crippen molar-refractivity contribution in [1.82, 2.24) is 0 Å². The lowest BCUT2D eigenvalue weighted by molar-refractivity contribution is 0.419. The number of hydrogen-bond donors (Lipinski definition) is 3. The minimum Gasteiger partial charge on any atom is -0.508 e. The molecule has 0 amide bonds. The van der Waals surface area contributed by atoms with E-state index < -0.39 is 7.12 Å². The molecule has 12 heavy (non-hydrogen) atoms. The van der Waals surface area contributed by atoms with E-state index in [1.54, 1.807) is 0 Å². The van der Waals surface area contributed by atoms with Gasteiger partial charge in [-0.3, -0.25) is 0 Å². The van der Waals surface area contributed by atoms with Crippen LogP contribution in [0.5, 0.6) is 5.75 Å². The molecule has 0 bridgehead atoms. The molecule has 0 heterocycles. The zero-order chi connectivity index (χ0) is 9.30. The zero-order valence-corrected chi connectivity index (χ0v) is 8.74. The Kier molecular flexibility index (Phi) is 3.22. The lowest BCUT2D eigenvalue weighted by Gasteiger charge is -2.04. The van der Waals surface area contributed by atoms with Crippen molar-refractivity contribution in [2.75, 3.05) is 0 Å². The van der Waals surface area contributed by atoms with E-state index in [2.05, 4.69) is 0 Å². The standard InChI is InChI=1S/C6H5BClIO3/c8-4-2-6(10)3(7(11)12)1-5(4)9/h1-2,10-12H. The van der Waals surface area contributed by atoms with Crippen LogP contribution in [0.1, 0.15) is 0 Å². The third-order valence-corrected chi connectivity index (χ3v) is 2.87. The van der Waals surface area contributed by atoms with Gasteiger partial charge in [0, 0.05) is 9.03 Å². The molecule has 3 N–H and O–H groups in total. The number of halogens is 2. The van der Waals surface area contributed by atoms with Gasteiger partial charge in [0.1, 0.15) is 5.75 Å². The largest absolute Gasteiger partial charge is 0.508 e. The first-order chi connectivity index (χ1) is 5.52. The Morgan fingerprint density at radius 2 is 1.92 bits per heavy atom. The maximum absolute atomic E-state index is 9.18. The van der Waals surface area contributed by atoms with E-state index in [-0.39, 0.29) is 11.2 Å². The summed E-state index contributed by atoms with van der Waals surface area (Å²) in [4.78, 5) is 0. The van der Waals surface area contributed by atoms with E-state index in [0.717, 1.165) is 0 Å². The number of phenolic OH excluding ortho intramolecular Hbond substituents is 1. The lowest BCUT2D eigenvalue weighted by Crippen LogP contribution is -2.30. The summed E-state index contributed by atoms with van der Waals surface area (Å²) in [6.07, 6.45) is 0. The van der Waals surface area contributed by atoms with Crippen molar-refractivity contribution in [2.45, 2.75) is 0 Å². The highest BCUT2D eigenvalue weighted by Crippen LogP contribution is 2.21. The van der Waals surface area contributed by atoms with Gasteiger partial charge in [0.2, 0.25) is 0 Å². The zero-order valence-electron chi connectivity index (χ0n) is 5.83. The second-order valence-electron chi connectivity index (χ2n) is 2.20. The summed E-state index contributed by atoms with van der Waals surface area (Å²) in [7, 11) is -1.67. The molecule has 0 radical (unpaired) electrons. The number of rotatable bonds is 1. The molecule has 6 heteroatoms. The molecule has 0 aromatic heterocycles. The lowest BCUT2D eigenvalue weighted by atomic mass is 9.80. The Bertz CT molecular complexity index is 305. The number of phenols is 1. The topological polar surface area (TPSA) is 60.7 Å². The Hall–Kier alpha value is 0.0249. The molecule has 0 aliphatic carbocycles. The van der Waals surface area contributed by atoms with Gasteiger partial charge in [0.25, 0.3) is 0 Å². The van der Waals surface area contributed by atoms with Crippen LogP contribution in [-0.2, 0) is 0 Å². The van der Waals surface area contributed by atoms with Crippen LogP contribution in [0.3, 0.4) is 0 Å². The average molecular weight is 298 g/mol. The van der Waals surface area contributed by atoms with E-state index in [4.69, 9.17) is 21.6 Å². The normalized spacial score (nSPS) is 10.0. The molecule has 0 spiro atoms. The van der Waals surface area contributed by atoms with Crippen molar-refractivity contribution in [3.63, 3.8) is 0 Å². The fraction of sp³-hybridized carbons (Fsp3) is 0. The van der Waals surface area contributed by atoms with Crippen LogP contribution in [-0.4, -0.2) is 22.3 Å². The Balaban J connectivity index is 3.23. The van der Waals surface area contributed by atoms with Crippen LogP contribution in [0, 0.1) is 3.57 Å². The van der Waals surface area contributed by atoms with Crippen molar-refractivity contribution in [2.24, 2.45) is 0 Å². The quantitative estimate of drug-likeness (QED) is 0.517. The summed E-state index contributed by atoms with van der Waals surface area (Å²) in [6, 6.07) is 2.70. The van der Waals surface area contributed by atoms with Gasteiger partial charge in [-0.05, 0) is 34.7 Å². The SMILES string of the molecule is OB(O)c1cc(I)c(Cl)cc1O. The second kappa shape index (κ2) is 3.82. The molecule has 0 aliphatic heterocycles. The number of hydrogen-bond acceptors (Lipinski definition) is 3. The molecule has 0 fully saturated rings. The highest BCUT2D eigenvalue weighted by atomic mass is 127. The molecule has 0 unspecified atom stereocenters. The van der Waals surface area contributed by atoms with Crippen molar-refractivity contribution in [1.29, 1.82) is 0 Å². The molecule has 0 saturated carbocycles. The smallest absolute Gasteiger partial charge is 0.492 e.